The number of terminal acetylenes is 1. The largest absolute Gasteiger partial charge is 0.384 e. The highest BCUT2D eigenvalue weighted by molar-refractivity contribution is 7.98. The molecule has 0 radical (unpaired) electrons. The van der Waals surface area contributed by atoms with Crippen LogP contribution in [0.3, 0.4) is 0 Å². The van der Waals surface area contributed by atoms with E-state index in [0.717, 1.165) is 48.8 Å². The number of nitrogens with zero attached hydrogens (tertiary/aromatic N) is 2. The van der Waals surface area contributed by atoms with Crippen molar-refractivity contribution < 1.29 is 0 Å². The van der Waals surface area contributed by atoms with Gasteiger partial charge in [-0.3, -0.25) is 0 Å². The van der Waals surface area contributed by atoms with Crippen molar-refractivity contribution in [1.82, 2.24) is 9.55 Å². The second-order valence-corrected chi connectivity index (χ2v) is 4.98. The van der Waals surface area contributed by atoms with Gasteiger partial charge < -0.3 is 10.3 Å². The Morgan fingerprint density at radius 1 is 1.47 bits per heavy atom. The standard InChI is InChI=1S/C13H21N3S/c1-4-7-12-15-11(8-6-10-17-3)13(14)16(12)9-5-2/h2H,4,6-10,14H2,1,3H3. The molecule has 0 amide bonds. The van der Waals surface area contributed by atoms with Crippen LogP contribution in [0.25, 0.3) is 0 Å². The van der Waals surface area contributed by atoms with Crippen LogP contribution in [0.4, 0.5) is 5.82 Å². The van der Waals surface area contributed by atoms with Crippen molar-refractivity contribution in [2.24, 2.45) is 0 Å². The predicted molar refractivity (Wildman–Crippen MR) is 76.2 cm³/mol. The Morgan fingerprint density at radius 2 is 2.24 bits per heavy atom. The quantitative estimate of drug-likeness (QED) is 0.597. The van der Waals surface area contributed by atoms with Crippen molar-refractivity contribution in [3.05, 3.63) is 11.5 Å². The smallest absolute Gasteiger partial charge is 0.127 e. The number of aromatic nitrogens is 2. The van der Waals surface area contributed by atoms with Gasteiger partial charge in [0.05, 0.1) is 12.2 Å². The molecule has 0 spiro atoms. The van der Waals surface area contributed by atoms with Gasteiger partial charge in [0.15, 0.2) is 0 Å². The van der Waals surface area contributed by atoms with E-state index in [2.05, 4.69) is 24.1 Å². The molecule has 3 nitrogen and oxygen atoms in total. The molecule has 1 rings (SSSR count). The number of aryl methyl sites for hydroxylation is 2. The van der Waals surface area contributed by atoms with Gasteiger partial charge in [-0.25, -0.2) is 4.98 Å². The predicted octanol–water partition coefficient (Wildman–Crippen LogP) is 2.35. The topological polar surface area (TPSA) is 43.8 Å². The molecule has 94 valence electrons. The number of anilines is 1. The molecule has 0 bridgehead atoms. The number of hydrogen-bond donors (Lipinski definition) is 1. The molecule has 0 aromatic carbocycles. The summed E-state index contributed by atoms with van der Waals surface area (Å²) in [7, 11) is 0. The Balaban J connectivity index is 2.84. The summed E-state index contributed by atoms with van der Waals surface area (Å²) in [6.45, 7) is 2.66. The van der Waals surface area contributed by atoms with Crippen molar-refractivity contribution in [1.29, 1.82) is 0 Å². The minimum Gasteiger partial charge on any atom is -0.384 e. The van der Waals surface area contributed by atoms with E-state index in [1.54, 1.807) is 0 Å². The lowest BCUT2D eigenvalue weighted by Crippen LogP contribution is -2.06. The molecule has 0 aliphatic carbocycles. The van der Waals surface area contributed by atoms with E-state index >= 15 is 0 Å². The Morgan fingerprint density at radius 3 is 2.82 bits per heavy atom. The lowest BCUT2D eigenvalue weighted by molar-refractivity contribution is 0.732. The highest BCUT2D eigenvalue weighted by atomic mass is 32.2. The first kappa shape index (κ1) is 14.0. The van der Waals surface area contributed by atoms with Gasteiger partial charge in [-0.1, -0.05) is 12.8 Å². The molecule has 0 saturated carbocycles. The highest BCUT2D eigenvalue weighted by Gasteiger charge is 2.12. The van der Waals surface area contributed by atoms with Crippen LogP contribution in [-0.2, 0) is 19.4 Å². The van der Waals surface area contributed by atoms with Crippen LogP contribution in [-0.4, -0.2) is 21.6 Å². The molecule has 0 fully saturated rings. The monoisotopic (exact) mass is 251 g/mol. The van der Waals surface area contributed by atoms with E-state index < -0.39 is 0 Å². The molecule has 0 aliphatic rings. The maximum absolute atomic E-state index is 6.10. The van der Waals surface area contributed by atoms with E-state index in [-0.39, 0.29) is 0 Å². The van der Waals surface area contributed by atoms with Gasteiger partial charge >= 0.3 is 0 Å². The third-order valence-electron chi connectivity index (χ3n) is 2.65. The van der Waals surface area contributed by atoms with Gasteiger partial charge in [-0.05, 0) is 31.3 Å². The Kier molecular flexibility index (Phi) is 5.99. The SMILES string of the molecule is C#CCn1c(CCC)nc(CCCSC)c1N. The zero-order valence-corrected chi connectivity index (χ0v) is 11.5. The summed E-state index contributed by atoms with van der Waals surface area (Å²) in [5, 5.41) is 0. The van der Waals surface area contributed by atoms with Gasteiger partial charge in [-0.15, -0.1) is 6.42 Å². The summed E-state index contributed by atoms with van der Waals surface area (Å²) in [6.07, 6.45) is 11.5. The highest BCUT2D eigenvalue weighted by Crippen LogP contribution is 2.18. The zero-order chi connectivity index (χ0) is 12.7. The van der Waals surface area contributed by atoms with E-state index in [4.69, 9.17) is 12.2 Å². The first-order valence-electron chi connectivity index (χ1n) is 6.00. The maximum Gasteiger partial charge on any atom is 0.127 e. The first-order chi connectivity index (χ1) is 8.24. The van der Waals surface area contributed by atoms with E-state index in [0.29, 0.717) is 6.54 Å². The molecule has 1 aromatic heterocycles. The van der Waals surface area contributed by atoms with Gasteiger partial charge in [0.1, 0.15) is 11.6 Å². The minimum absolute atomic E-state index is 0.524. The third-order valence-corrected chi connectivity index (χ3v) is 3.34. The van der Waals surface area contributed by atoms with Crippen LogP contribution >= 0.6 is 11.8 Å². The van der Waals surface area contributed by atoms with E-state index in [1.165, 1.54) is 0 Å². The zero-order valence-electron chi connectivity index (χ0n) is 10.7. The molecular formula is C13H21N3S. The summed E-state index contributed by atoms with van der Waals surface area (Å²) in [5.41, 5.74) is 7.11. The minimum atomic E-state index is 0.524. The van der Waals surface area contributed by atoms with E-state index in [1.807, 2.05) is 16.3 Å². The van der Waals surface area contributed by atoms with Crippen LogP contribution in [0, 0.1) is 12.3 Å². The van der Waals surface area contributed by atoms with Crippen LogP contribution in [0.2, 0.25) is 0 Å². The summed E-state index contributed by atoms with van der Waals surface area (Å²) in [4.78, 5) is 4.62. The third kappa shape index (κ3) is 3.71. The average molecular weight is 251 g/mol. The lowest BCUT2D eigenvalue weighted by Gasteiger charge is -2.04. The number of imidazole rings is 1. The number of nitrogens with two attached hydrogens (primary N) is 1. The second kappa shape index (κ2) is 7.29. The van der Waals surface area contributed by atoms with Gasteiger partial charge in [0.2, 0.25) is 0 Å². The molecule has 2 N–H and O–H groups in total. The van der Waals surface area contributed by atoms with Crippen LogP contribution in [0.1, 0.15) is 31.3 Å². The number of rotatable bonds is 7. The van der Waals surface area contributed by atoms with Gasteiger partial charge in [0.25, 0.3) is 0 Å². The first-order valence-corrected chi connectivity index (χ1v) is 7.40. The fourth-order valence-corrected chi connectivity index (χ4v) is 2.25. The fourth-order valence-electron chi connectivity index (χ4n) is 1.82. The molecule has 0 saturated heterocycles. The Labute approximate surface area is 108 Å². The number of nitrogen functional groups attached to an aromatic ring is 1. The second-order valence-electron chi connectivity index (χ2n) is 4.00. The molecule has 1 aromatic rings. The molecule has 0 unspecified atom stereocenters. The number of thioether (sulfide) groups is 1. The molecule has 0 aliphatic heterocycles. The Hall–Kier alpha value is -1.08. The van der Waals surface area contributed by atoms with Crippen molar-refractivity contribution in [3.63, 3.8) is 0 Å². The lowest BCUT2D eigenvalue weighted by atomic mass is 10.2. The fraction of sp³-hybridized carbons (Fsp3) is 0.615. The normalized spacial score (nSPS) is 10.4. The van der Waals surface area contributed by atoms with Gasteiger partial charge in [-0.2, -0.15) is 11.8 Å². The summed E-state index contributed by atoms with van der Waals surface area (Å²) < 4.78 is 1.97. The van der Waals surface area contributed by atoms with Gasteiger partial charge in [0, 0.05) is 6.42 Å². The molecule has 1 heterocycles. The van der Waals surface area contributed by atoms with Crippen molar-refractivity contribution in [2.45, 2.75) is 39.2 Å². The molecule has 0 atom stereocenters. The van der Waals surface area contributed by atoms with Crippen LogP contribution in [0.15, 0.2) is 0 Å². The molecule has 4 heteroatoms. The summed E-state index contributed by atoms with van der Waals surface area (Å²) in [5.74, 6) is 5.57. The number of hydrogen-bond acceptors (Lipinski definition) is 3. The van der Waals surface area contributed by atoms with Crippen molar-refractivity contribution in [2.75, 3.05) is 17.7 Å². The average Bonchev–Trinajstić information content (AvgIpc) is 2.59. The van der Waals surface area contributed by atoms with Crippen LogP contribution < -0.4 is 5.73 Å². The van der Waals surface area contributed by atoms with E-state index in [9.17, 15) is 0 Å². The molecule has 17 heavy (non-hydrogen) atoms. The van der Waals surface area contributed by atoms with Crippen molar-refractivity contribution >= 4 is 17.6 Å². The summed E-state index contributed by atoms with van der Waals surface area (Å²) in [6, 6.07) is 0. The van der Waals surface area contributed by atoms with Crippen LogP contribution in [0.5, 0.6) is 0 Å². The molecular weight excluding hydrogens is 230 g/mol. The Bertz CT molecular complexity index is 390. The maximum atomic E-state index is 6.10. The summed E-state index contributed by atoms with van der Waals surface area (Å²) >= 11 is 1.85. The van der Waals surface area contributed by atoms with Crippen molar-refractivity contribution in [3.8, 4) is 12.3 Å².